The van der Waals surface area contributed by atoms with Crippen molar-refractivity contribution in [2.45, 2.75) is 20.3 Å². The van der Waals surface area contributed by atoms with Gasteiger partial charge in [0, 0.05) is 5.92 Å². The third-order valence-electron chi connectivity index (χ3n) is 1.88. The van der Waals surface area contributed by atoms with Crippen molar-refractivity contribution in [3.8, 4) is 0 Å². The van der Waals surface area contributed by atoms with Crippen molar-refractivity contribution in [3.63, 3.8) is 0 Å². The molecule has 6 heteroatoms. The Bertz CT molecular complexity index is 373. The molecule has 0 spiro atoms. The quantitative estimate of drug-likeness (QED) is 0.548. The summed E-state index contributed by atoms with van der Waals surface area (Å²) < 4.78 is 0. The highest BCUT2D eigenvalue weighted by molar-refractivity contribution is 5.81. The lowest BCUT2D eigenvalue weighted by atomic mass is 10.1. The van der Waals surface area contributed by atoms with Gasteiger partial charge >= 0.3 is 5.69 Å². The molecular formula is C9H11N3O3. The third-order valence-corrected chi connectivity index (χ3v) is 1.88. The van der Waals surface area contributed by atoms with Crippen molar-refractivity contribution in [3.05, 3.63) is 28.3 Å². The Balaban J connectivity index is 2.73. The largest absolute Gasteiger partial charge is 0.305 e. The Labute approximate surface area is 86.5 Å². The monoisotopic (exact) mass is 209 g/mol. The molecule has 0 aliphatic rings. The highest BCUT2D eigenvalue weighted by Gasteiger charge is 2.12. The minimum atomic E-state index is -0.575. The maximum Gasteiger partial charge on any atom is 0.305 e. The van der Waals surface area contributed by atoms with Crippen molar-refractivity contribution >= 4 is 11.5 Å². The van der Waals surface area contributed by atoms with Crippen molar-refractivity contribution in [1.82, 2.24) is 9.97 Å². The van der Waals surface area contributed by atoms with E-state index in [2.05, 4.69) is 9.97 Å². The van der Waals surface area contributed by atoms with Crippen LogP contribution in [0.15, 0.2) is 12.4 Å². The Morgan fingerprint density at radius 2 is 2.00 bits per heavy atom. The summed E-state index contributed by atoms with van der Waals surface area (Å²) in [7, 11) is 0. The molecule has 1 aromatic heterocycles. The van der Waals surface area contributed by atoms with Crippen LogP contribution < -0.4 is 0 Å². The molecule has 0 aromatic carbocycles. The lowest BCUT2D eigenvalue weighted by Crippen LogP contribution is -2.12. The number of ketones is 1. The average Bonchev–Trinajstić information content (AvgIpc) is 2.18. The van der Waals surface area contributed by atoms with E-state index in [1.807, 2.05) is 0 Å². The lowest BCUT2D eigenvalue weighted by Gasteiger charge is -2.01. The van der Waals surface area contributed by atoms with E-state index < -0.39 is 4.92 Å². The summed E-state index contributed by atoms with van der Waals surface area (Å²) in [5.41, 5.74) is -0.171. The maximum atomic E-state index is 11.3. The second-order valence-electron chi connectivity index (χ2n) is 3.41. The first kappa shape index (κ1) is 11.2. The summed E-state index contributed by atoms with van der Waals surface area (Å²) in [4.78, 5) is 28.5. The van der Waals surface area contributed by atoms with E-state index in [9.17, 15) is 14.9 Å². The predicted molar refractivity (Wildman–Crippen MR) is 52.2 cm³/mol. The van der Waals surface area contributed by atoms with Gasteiger partial charge in [-0.05, 0) is 0 Å². The summed E-state index contributed by atoms with van der Waals surface area (Å²) in [6.45, 7) is 3.57. The molecule has 0 bridgehead atoms. The Hall–Kier alpha value is -1.85. The normalized spacial score (nSPS) is 10.3. The Morgan fingerprint density at radius 3 is 2.40 bits per heavy atom. The van der Waals surface area contributed by atoms with E-state index in [-0.39, 0.29) is 23.8 Å². The average molecular weight is 209 g/mol. The summed E-state index contributed by atoms with van der Waals surface area (Å²) in [6, 6.07) is 0. The van der Waals surface area contributed by atoms with Gasteiger partial charge in [-0.3, -0.25) is 14.9 Å². The predicted octanol–water partition coefficient (Wildman–Crippen LogP) is 1.15. The van der Waals surface area contributed by atoms with E-state index in [0.29, 0.717) is 5.82 Å². The molecule has 0 aliphatic heterocycles. The van der Waals surface area contributed by atoms with Crippen LogP contribution in [0.4, 0.5) is 5.69 Å². The van der Waals surface area contributed by atoms with E-state index in [0.717, 1.165) is 12.4 Å². The van der Waals surface area contributed by atoms with E-state index in [4.69, 9.17) is 0 Å². The SMILES string of the molecule is CC(C)C(=O)Cc1ncc([N+](=O)[O-])cn1. The molecule has 15 heavy (non-hydrogen) atoms. The highest BCUT2D eigenvalue weighted by atomic mass is 16.6. The summed E-state index contributed by atoms with van der Waals surface area (Å²) in [5.74, 6) is 0.256. The Kier molecular flexibility index (Phi) is 3.43. The zero-order valence-corrected chi connectivity index (χ0v) is 8.51. The Morgan fingerprint density at radius 1 is 1.47 bits per heavy atom. The van der Waals surface area contributed by atoms with Crippen molar-refractivity contribution in [2.24, 2.45) is 5.92 Å². The van der Waals surface area contributed by atoms with Crippen LogP contribution in [0.25, 0.3) is 0 Å². The molecule has 80 valence electrons. The molecule has 0 radical (unpaired) electrons. The minimum absolute atomic E-state index is 0.0175. The van der Waals surface area contributed by atoms with Crippen molar-refractivity contribution in [2.75, 3.05) is 0 Å². The molecule has 0 amide bonds. The van der Waals surface area contributed by atoms with Gasteiger partial charge in [0.2, 0.25) is 0 Å². The molecule has 0 atom stereocenters. The van der Waals surface area contributed by atoms with Crippen LogP contribution in [0.5, 0.6) is 0 Å². The van der Waals surface area contributed by atoms with Crippen LogP contribution in [-0.4, -0.2) is 20.7 Å². The number of hydrogen-bond acceptors (Lipinski definition) is 5. The van der Waals surface area contributed by atoms with Gasteiger partial charge in [0.15, 0.2) is 0 Å². The van der Waals surface area contributed by atoms with Gasteiger partial charge in [0.25, 0.3) is 0 Å². The van der Waals surface area contributed by atoms with Gasteiger partial charge in [-0.2, -0.15) is 0 Å². The van der Waals surface area contributed by atoms with Crippen LogP contribution in [0.1, 0.15) is 19.7 Å². The third kappa shape index (κ3) is 3.08. The topological polar surface area (TPSA) is 86.0 Å². The fraction of sp³-hybridized carbons (Fsp3) is 0.444. The summed E-state index contributed by atoms with van der Waals surface area (Å²) in [6.07, 6.45) is 2.33. The molecule has 0 saturated heterocycles. The number of aromatic nitrogens is 2. The van der Waals surface area contributed by atoms with E-state index in [1.54, 1.807) is 13.8 Å². The van der Waals surface area contributed by atoms with E-state index >= 15 is 0 Å². The molecule has 1 rings (SSSR count). The van der Waals surface area contributed by atoms with Crippen LogP contribution >= 0.6 is 0 Å². The van der Waals surface area contributed by atoms with Crippen molar-refractivity contribution < 1.29 is 9.72 Å². The molecule has 1 heterocycles. The van der Waals surface area contributed by atoms with Crippen LogP contribution in [-0.2, 0) is 11.2 Å². The standard InChI is InChI=1S/C9H11N3O3/c1-6(2)8(13)3-9-10-4-7(5-11-9)12(14)15/h4-6H,3H2,1-2H3. The first-order valence-corrected chi connectivity index (χ1v) is 4.48. The second-order valence-corrected chi connectivity index (χ2v) is 3.41. The zero-order chi connectivity index (χ0) is 11.4. The number of nitro groups is 1. The molecule has 0 saturated carbocycles. The fourth-order valence-corrected chi connectivity index (χ4v) is 0.893. The lowest BCUT2D eigenvalue weighted by molar-refractivity contribution is -0.385. The van der Waals surface area contributed by atoms with E-state index in [1.165, 1.54) is 0 Å². The van der Waals surface area contributed by atoms with Gasteiger partial charge < -0.3 is 0 Å². The molecule has 0 unspecified atom stereocenters. The molecule has 0 aliphatic carbocycles. The molecule has 1 aromatic rings. The number of nitrogens with zero attached hydrogens (tertiary/aromatic N) is 3. The van der Waals surface area contributed by atoms with Crippen LogP contribution in [0, 0.1) is 16.0 Å². The number of hydrogen-bond donors (Lipinski definition) is 0. The number of Topliss-reactive ketones (excluding diaryl/α,β-unsaturated/α-hetero) is 1. The van der Waals surface area contributed by atoms with Crippen LogP contribution in [0.2, 0.25) is 0 Å². The van der Waals surface area contributed by atoms with Gasteiger partial charge in [-0.1, -0.05) is 13.8 Å². The molecule has 0 N–H and O–H groups in total. The smallest absolute Gasteiger partial charge is 0.299 e. The maximum absolute atomic E-state index is 11.3. The summed E-state index contributed by atoms with van der Waals surface area (Å²) >= 11 is 0. The minimum Gasteiger partial charge on any atom is -0.299 e. The molecule has 6 nitrogen and oxygen atoms in total. The van der Waals surface area contributed by atoms with Gasteiger partial charge in [0.05, 0.1) is 11.3 Å². The van der Waals surface area contributed by atoms with Crippen LogP contribution in [0.3, 0.4) is 0 Å². The molecular weight excluding hydrogens is 198 g/mol. The number of carbonyl (C=O) groups excluding carboxylic acids is 1. The van der Waals surface area contributed by atoms with Gasteiger partial charge in [-0.15, -0.1) is 0 Å². The number of rotatable bonds is 4. The summed E-state index contributed by atoms with van der Waals surface area (Å²) in [5, 5.41) is 10.3. The molecule has 0 fully saturated rings. The van der Waals surface area contributed by atoms with Crippen molar-refractivity contribution in [1.29, 1.82) is 0 Å². The van der Waals surface area contributed by atoms with Gasteiger partial charge in [0.1, 0.15) is 24.0 Å². The van der Waals surface area contributed by atoms with Gasteiger partial charge in [-0.25, -0.2) is 9.97 Å². The fourth-order valence-electron chi connectivity index (χ4n) is 0.893. The highest BCUT2D eigenvalue weighted by Crippen LogP contribution is 2.07. The first-order valence-electron chi connectivity index (χ1n) is 4.48. The zero-order valence-electron chi connectivity index (χ0n) is 8.51. The number of carbonyl (C=O) groups is 1. The first-order chi connectivity index (χ1) is 7.00. The second kappa shape index (κ2) is 4.59.